The molecular formula is C15H21NO2. The van der Waals surface area contributed by atoms with Gasteiger partial charge in [-0.3, -0.25) is 4.79 Å². The molecule has 98 valence electrons. The molecule has 18 heavy (non-hydrogen) atoms. The molecule has 1 amide bonds. The molecule has 0 aliphatic carbocycles. The van der Waals surface area contributed by atoms with E-state index in [1.165, 1.54) is 5.56 Å². The van der Waals surface area contributed by atoms with Crippen LogP contribution in [0.3, 0.4) is 0 Å². The van der Waals surface area contributed by atoms with E-state index in [0.717, 1.165) is 44.6 Å². The summed E-state index contributed by atoms with van der Waals surface area (Å²) in [4.78, 5) is 11.9. The fourth-order valence-electron chi connectivity index (χ4n) is 2.21. The van der Waals surface area contributed by atoms with Crippen LogP contribution in [0.15, 0.2) is 24.3 Å². The van der Waals surface area contributed by atoms with E-state index in [9.17, 15) is 4.79 Å². The number of nitrogens with one attached hydrogen (secondary N) is 1. The van der Waals surface area contributed by atoms with Gasteiger partial charge in [-0.05, 0) is 30.5 Å². The minimum absolute atomic E-state index is 0.0317. The van der Waals surface area contributed by atoms with E-state index < -0.39 is 0 Å². The second-order valence-electron chi connectivity index (χ2n) is 4.80. The Morgan fingerprint density at radius 3 is 3.11 bits per heavy atom. The van der Waals surface area contributed by atoms with E-state index in [1.54, 1.807) is 0 Å². The van der Waals surface area contributed by atoms with E-state index in [1.807, 2.05) is 18.2 Å². The topological polar surface area (TPSA) is 38.3 Å². The molecule has 1 atom stereocenters. The Morgan fingerprint density at radius 2 is 2.39 bits per heavy atom. The molecule has 1 aliphatic heterocycles. The van der Waals surface area contributed by atoms with Crippen LogP contribution in [0.25, 0.3) is 0 Å². The first-order chi connectivity index (χ1) is 8.81. The van der Waals surface area contributed by atoms with Crippen molar-refractivity contribution in [1.29, 1.82) is 0 Å². The van der Waals surface area contributed by atoms with Gasteiger partial charge >= 0.3 is 0 Å². The maximum atomic E-state index is 11.9. The fraction of sp³-hybridized carbons (Fsp3) is 0.533. The van der Waals surface area contributed by atoms with Crippen LogP contribution in [0.1, 0.15) is 48.0 Å². The van der Waals surface area contributed by atoms with Crippen LogP contribution >= 0.6 is 0 Å². The summed E-state index contributed by atoms with van der Waals surface area (Å²) in [5, 5.41) is 2.95. The molecule has 0 bridgehead atoms. The van der Waals surface area contributed by atoms with Gasteiger partial charge in [0.2, 0.25) is 0 Å². The first-order valence-electron chi connectivity index (χ1n) is 6.77. The smallest absolute Gasteiger partial charge is 0.251 e. The lowest BCUT2D eigenvalue weighted by Crippen LogP contribution is -2.24. The molecular weight excluding hydrogens is 226 g/mol. The minimum Gasteiger partial charge on any atom is -0.381 e. The summed E-state index contributed by atoms with van der Waals surface area (Å²) in [5.74, 6) is 0.484. The summed E-state index contributed by atoms with van der Waals surface area (Å²) in [6, 6.07) is 7.92. The molecule has 1 aromatic rings. The number of unbranched alkanes of at least 4 members (excludes halogenated alkanes) is 1. The van der Waals surface area contributed by atoms with Gasteiger partial charge in [0, 0.05) is 24.6 Å². The van der Waals surface area contributed by atoms with Crippen LogP contribution in [0, 0.1) is 0 Å². The summed E-state index contributed by atoms with van der Waals surface area (Å²) in [7, 11) is 0. The monoisotopic (exact) mass is 247 g/mol. The molecule has 0 saturated carbocycles. The molecule has 1 heterocycles. The predicted octanol–water partition coefficient (Wildman–Crippen LogP) is 2.72. The predicted molar refractivity (Wildman–Crippen MR) is 71.9 cm³/mol. The van der Waals surface area contributed by atoms with Crippen molar-refractivity contribution >= 4 is 5.91 Å². The van der Waals surface area contributed by atoms with Gasteiger partial charge in [0.15, 0.2) is 0 Å². The second-order valence-corrected chi connectivity index (χ2v) is 4.80. The van der Waals surface area contributed by atoms with Crippen LogP contribution in [-0.4, -0.2) is 25.7 Å². The van der Waals surface area contributed by atoms with Crippen molar-refractivity contribution in [2.24, 2.45) is 0 Å². The lowest BCUT2D eigenvalue weighted by Gasteiger charge is -2.10. The van der Waals surface area contributed by atoms with Gasteiger partial charge in [-0.2, -0.15) is 0 Å². The van der Waals surface area contributed by atoms with Gasteiger partial charge in [-0.25, -0.2) is 0 Å². The van der Waals surface area contributed by atoms with Crippen molar-refractivity contribution in [3.63, 3.8) is 0 Å². The summed E-state index contributed by atoms with van der Waals surface area (Å²) >= 11 is 0. The number of rotatable bonds is 5. The molecule has 1 saturated heterocycles. The van der Waals surface area contributed by atoms with Gasteiger partial charge in [0.25, 0.3) is 5.91 Å². The maximum absolute atomic E-state index is 11.9. The molecule has 2 rings (SSSR count). The molecule has 0 aromatic heterocycles. The first kappa shape index (κ1) is 13.1. The summed E-state index contributed by atoms with van der Waals surface area (Å²) < 4.78 is 5.39. The van der Waals surface area contributed by atoms with Crippen molar-refractivity contribution < 1.29 is 9.53 Å². The van der Waals surface area contributed by atoms with Crippen LogP contribution in [0.4, 0.5) is 0 Å². The Labute approximate surface area is 109 Å². The van der Waals surface area contributed by atoms with Crippen LogP contribution in [-0.2, 0) is 4.74 Å². The van der Waals surface area contributed by atoms with Crippen LogP contribution in [0.2, 0.25) is 0 Å². The van der Waals surface area contributed by atoms with Crippen molar-refractivity contribution in [3.8, 4) is 0 Å². The largest absolute Gasteiger partial charge is 0.381 e. The highest BCUT2D eigenvalue weighted by molar-refractivity contribution is 5.94. The van der Waals surface area contributed by atoms with Crippen molar-refractivity contribution in [3.05, 3.63) is 35.4 Å². The van der Waals surface area contributed by atoms with Gasteiger partial charge in [-0.15, -0.1) is 0 Å². The van der Waals surface area contributed by atoms with Crippen molar-refractivity contribution in [2.75, 3.05) is 19.8 Å². The molecule has 0 radical (unpaired) electrons. The number of amides is 1. The van der Waals surface area contributed by atoms with E-state index in [0.29, 0.717) is 5.92 Å². The summed E-state index contributed by atoms with van der Waals surface area (Å²) in [5.41, 5.74) is 1.98. The zero-order chi connectivity index (χ0) is 12.8. The third kappa shape index (κ3) is 3.33. The molecule has 1 unspecified atom stereocenters. The molecule has 1 aromatic carbocycles. The molecule has 0 spiro atoms. The number of carbonyl (C=O) groups is 1. The molecule has 3 nitrogen and oxygen atoms in total. The Kier molecular flexibility index (Phi) is 4.76. The lowest BCUT2D eigenvalue weighted by atomic mass is 9.96. The minimum atomic E-state index is 0.0317. The quantitative estimate of drug-likeness (QED) is 0.812. The van der Waals surface area contributed by atoms with Gasteiger partial charge in [0.05, 0.1) is 6.61 Å². The maximum Gasteiger partial charge on any atom is 0.251 e. The Bertz CT molecular complexity index is 397. The lowest BCUT2D eigenvalue weighted by molar-refractivity contribution is 0.0953. The number of hydrogen-bond acceptors (Lipinski definition) is 2. The standard InChI is InChI=1S/C15H21NO2/c1-2-3-8-16-15(17)13-6-4-5-12(10-13)14-7-9-18-11-14/h4-6,10,14H,2-3,7-9,11H2,1H3,(H,16,17). The first-order valence-corrected chi connectivity index (χ1v) is 6.77. The number of benzene rings is 1. The van der Waals surface area contributed by atoms with Crippen LogP contribution < -0.4 is 5.32 Å². The normalized spacial score (nSPS) is 18.8. The van der Waals surface area contributed by atoms with Gasteiger partial charge in [-0.1, -0.05) is 25.5 Å². The van der Waals surface area contributed by atoms with E-state index in [2.05, 4.69) is 18.3 Å². The highest BCUT2D eigenvalue weighted by atomic mass is 16.5. The van der Waals surface area contributed by atoms with E-state index >= 15 is 0 Å². The Morgan fingerprint density at radius 1 is 1.50 bits per heavy atom. The SMILES string of the molecule is CCCCNC(=O)c1cccc(C2CCOC2)c1. The second kappa shape index (κ2) is 6.55. The van der Waals surface area contributed by atoms with Gasteiger partial charge in [0.1, 0.15) is 0 Å². The summed E-state index contributed by atoms with van der Waals surface area (Å²) in [6.07, 6.45) is 3.18. The van der Waals surface area contributed by atoms with Crippen molar-refractivity contribution in [1.82, 2.24) is 5.32 Å². The zero-order valence-electron chi connectivity index (χ0n) is 10.9. The molecule has 1 N–H and O–H groups in total. The highest BCUT2D eigenvalue weighted by Crippen LogP contribution is 2.25. The highest BCUT2D eigenvalue weighted by Gasteiger charge is 2.18. The zero-order valence-corrected chi connectivity index (χ0v) is 10.9. The average Bonchev–Trinajstić information content (AvgIpc) is 2.93. The Hall–Kier alpha value is -1.35. The third-order valence-electron chi connectivity index (χ3n) is 3.37. The summed E-state index contributed by atoms with van der Waals surface area (Å²) in [6.45, 7) is 4.48. The van der Waals surface area contributed by atoms with Crippen LogP contribution in [0.5, 0.6) is 0 Å². The average molecular weight is 247 g/mol. The van der Waals surface area contributed by atoms with Gasteiger partial charge < -0.3 is 10.1 Å². The molecule has 1 fully saturated rings. The van der Waals surface area contributed by atoms with E-state index in [-0.39, 0.29) is 5.91 Å². The molecule has 3 heteroatoms. The third-order valence-corrected chi connectivity index (χ3v) is 3.37. The van der Waals surface area contributed by atoms with Crippen molar-refractivity contribution in [2.45, 2.75) is 32.1 Å². The van der Waals surface area contributed by atoms with E-state index in [4.69, 9.17) is 4.74 Å². The number of carbonyl (C=O) groups excluding carboxylic acids is 1. The molecule has 1 aliphatic rings. The number of ether oxygens (including phenoxy) is 1. The Balaban J connectivity index is 1.99. The number of hydrogen-bond donors (Lipinski definition) is 1. The fourth-order valence-corrected chi connectivity index (χ4v) is 2.21.